The van der Waals surface area contributed by atoms with Crippen LogP contribution in [0.2, 0.25) is 0 Å². The first kappa shape index (κ1) is 15.9. The zero-order valence-electron chi connectivity index (χ0n) is 12.9. The first-order valence-corrected chi connectivity index (χ1v) is 8.08. The molecule has 114 valence electrons. The van der Waals surface area contributed by atoms with E-state index in [9.17, 15) is 0 Å². The van der Waals surface area contributed by atoms with Crippen molar-refractivity contribution in [3.05, 3.63) is 29.8 Å². The second-order valence-corrected chi connectivity index (χ2v) is 5.70. The maximum atomic E-state index is 8.84. The van der Waals surface area contributed by atoms with E-state index in [0.29, 0.717) is 18.3 Å². The molecule has 0 radical (unpaired) electrons. The Hall–Kier alpha value is -1.53. The Morgan fingerprint density at radius 2 is 2.10 bits per heavy atom. The molecular formula is C18H25NO2. The third kappa shape index (κ3) is 5.06. The topological polar surface area (TPSA) is 42.2 Å². The number of ether oxygens (including phenoxy) is 2. The number of nitrogens with zero attached hydrogens (tertiary/aromatic N) is 1. The molecule has 2 rings (SSSR count). The Kier molecular flexibility index (Phi) is 6.56. The highest BCUT2D eigenvalue weighted by Crippen LogP contribution is 2.29. The molecule has 0 saturated heterocycles. The van der Waals surface area contributed by atoms with Crippen molar-refractivity contribution >= 4 is 0 Å². The second kappa shape index (κ2) is 8.69. The van der Waals surface area contributed by atoms with Crippen LogP contribution in [0.3, 0.4) is 0 Å². The van der Waals surface area contributed by atoms with E-state index >= 15 is 0 Å². The van der Waals surface area contributed by atoms with E-state index in [1.807, 2.05) is 12.1 Å². The van der Waals surface area contributed by atoms with Crippen molar-refractivity contribution in [2.24, 2.45) is 5.92 Å². The molecule has 2 unspecified atom stereocenters. The van der Waals surface area contributed by atoms with Crippen molar-refractivity contribution in [3.63, 3.8) is 0 Å². The molecule has 0 spiro atoms. The van der Waals surface area contributed by atoms with Crippen molar-refractivity contribution in [2.75, 3.05) is 13.2 Å². The molecule has 1 aromatic rings. The molecule has 0 aliphatic heterocycles. The summed E-state index contributed by atoms with van der Waals surface area (Å²) in [7, 11) is 0. The number of rotatable bonds is 7. The lowest BCUT2D eigenvalue weighted by Crippen LogP contribution is -2.27. The minimum atomic E-state index is 0.450. The number of hydrogen-bond acceptors (Lipinski definition) is 3. The summed E-state index contributed by atoms with van der Waals surface area (Å²) in [6, 6.07) is 9.40. The molecule has 3 nitrogen and oxygen atoms in total. The van der Waals surface area contributed by atoms with Gasteiger partial charge in [-0.3, -0.25) is 0 Å². The first-order chi connectivity index (χ1) is 10.3. The fourth-order valence-electron chi connectivity index (χ4n) is 3.00. The van der Waals surface area contributed by atoms with Crippen LogP contribution >= 0.6 is 0 Å². The highest BCUT2D eigenvalue weighted by Gasteiger charge is 2.23. The molecule has 1 fully saturated rings. The van der Waals surface area contributed by atoms with Crippen LogP contribution in [0.15, 0.2) is 24.3 Å². The van der Waals surface area contributed by atoms with Gasteiger partial charge >= 0.3 is 0 Å². The molecule has 0 bridgehead atoms. The van der Waals surface area contributed by atoms with E-state index < -0.39 is 0 Å². The molecular weight excluding hydrogens is 262 g/mol. The molecule has 2 atom stereocenters. The van der Waals surface area contributed by atoms with E-state index in [0.717, 1.165) is 24.7 Å². The van der Waals surface area contributed by atoms with E-state index in [2.05, 4.69) is 13.0 Å². The summed E-state index contributed by atoms with van der Waals surface area (Å²) in [4.78, 5) is 0. The quantitative estimate of drug-likeness (QED) is 0.702. The van der Waals surface area contributed by atoms with Crippen LogP contribution in [-0.4, -0.2) is 19.3 Å². The maximum Gasteiger partial charge on any atom is 0.120 e. The molecule has 3 heteroatoms. The molecule has 1 saturated carbocycles. The summed E-state index contributed by atoms with van der Waals surface area (Å²) in [6.07, 6.45) is 7.76. The second-order valence-electron chi connectivity index (χ2n) is 5.70. The van der Waals surface area contributed by atoms with Gasteiger partial charge in [-0.25, -0.2) is 0 Å². The van der Waals surface area contributed by atoms with Gasteiger partial charge in [0, 0.05) is 6.42 Å². The predicted molar refractivity (Wildman–Crippen MR) is 83.3 cm³/mol. The van der Waals surface area contributed by atoms with Crippen LogP contribution in [0.25, 0.3) is 0 Å². The van der Waals surface area contributed by atoms with Gasteiger partial charge in [-0.2, -0.15) is 5.26 Å². The average molecular weight is 287 g/mol. The Labute approximate surface area is 127 Å². The summed E-state index contributed by atoms with van der Waals surface area (Å²) in [5.41, 5.74) is 0.636. The van der Waals surface area contributed by atoms with Gasteiger partial charge in [0.15, 0.2) is 0 Å². The first-order valence-electron chi connectivity index (χ1n) is 8.08. The monoisotopic (exact) mass is 287 g/mol. The zero-order chi connectivity index (χ0) is 14.9. The largest absolute Gasteiger partial charge is 0.493 e. The summed E-state index contributed by atoms with van der Waals surface area (Å²) < 4.78 is 11.7. The van der Waals surface area contributed by atoms with Crippen LogP contribution in [-0.2, 0) is 4.74 Å². The summed E-state index contributed by atoms with van der Waals surface area (Å²) in [6.45, 7) is 3.66. The highest BCUT2D eigenvalue weighted by atomic mass is 16.5. The van der Waals surface area contributed by atoms with E-state index in [1.54, 1.807) is 12.1 Å². The molecule has 21 heavy (non-hydrogen) atoms. The van der Waals surface area contributed by atoms with Crippen molar-refractivity contribution in [1.29, 1.82) is 5.26 Å². The van der Waals surface area contributed by atoms with Gasteiger partial charge in [0.25, 0.3) is 0 Å². The van der Waals surface area contributed by atoms with Crippen molar-refractivity contribution < 1.29 is 9.47 Å². The van der Waals surface area contributed by atoms with Crippen molar-refractivity contribution in [2.45, 2.75) is 51.6 Å². The van der Waals surface area contributed by atoms with Gasteiger partial charge in [0.2, 0.25) is 0 Å². The Morgan fingerprint density at radius 3 is 2.90 bits per heavy atom. The predicted octanol–water partition coefficient (Wildman–Crippen LogP) is 4.31. The molecule has 0 amide bonds. The standard InChI is InChI=1S/C18H25NO2/c1-2-16-8-3-4-10-18(16)21-12-6-11-20-17-9-5-7-15(13-17)14-19/h5,7,9,13,16,18H,2-4,6,8,10-12H2,1H3. The van der Waals surface area contributed by atoms with Crippen molar-refractivity contribution in [3.8, 4) is 11.8 Å². The average Bonchev–Trinajstić information content (AvgIpc) is 2.55. The summed E-state index contributed by atoms with van der Waals surface area (Å²) in [5, 5.41) is 8.84. The molecule has 0 aromatic heterocycles. The minimum Gasteiger partial charge on any atom is -0.493 e. The number of nitriles is 1. The van der Waals surface area contributed by atoms with E-state index in [1.165, 1.54) is 32.1 Å². The lowest BCUT2D eigenvalue weighted by atomic mass is 9.85. The third-order valence-corrected chi connectivity index (χ3v) is 4.22. The zero-order valence-corrected chi connectivity index (χ0v) is 12.9. The van der Waals surface area contributed by atoms with E-state index in [4.69, 9.17) is 14.7 Å². The number of hydrogen-bond donors (Lipinski definition) is 0. The Balaban J connectivity index is 1.64. The van der Waals surface area contributed by atoms with Gasteiger partial charge in [0.1, 0.15) is 5.75 Å². The lowest BCUT2D eigenvalue weighted by Gasteiger charge is -2.30. The van der Waals surface area contributed by atoms with Gasteiger partial charge in [-0.05, 0) is 37.0 Å². The van der Waals surface area contributed by atoms with Crippen LogP contribution in [0.4, 0.5) is 0 Å². The van der Waals surface area contributed by atoms with Gasteiger partial charge in [0.05, 0.1) is 31.0 Å². The van der Waals surface area contributed by atoms with Crippen LogP contribution in [0, 0.1) is 17.2 Å². The molecule has 1 aliphatic rings. The highest BCUT2D eigenvalue weighted by molar-refractivity contribution is 5.36. The van der Waals surface area contributed by atoms with Crippen molar-refractivity contribution in [1.82, 2.24) is 0 Å². The molecule has 1 aliphatic carbocycles. The smallest absolute Gasteiger partial charge is 0.120 e. The van der Waals surface area contributed by atoms with Crippen LogP contribution in [0.5, 0.6) is 5.75 Å². The third-order valence-electron chi connectivity index (χ3n) is 4.22. The molecule has 0 N–H and O–H groups in total. The van der Waals surface area contributed by atoms with Gasteiger partial charge < -0.3 is 9.47 Å². The van der Waals surface area contributed by atoms with Crippen LogP contribution in [0.1, 0.15) is 51.0 Å². The SMILES string of the molecule is CCC1CCCCC1OCCCOc1cccc(C#N)c1. The maximum absolute atomic E-state index is 8.84. The van der Waals surface area contributed by atoms with E-state index in [-0.39, 0.29) is 0 Å². The molecule has 0 heterocycles. The number of benzene rings is 1. The minimum absolute atomic E-state index is 0.450. The molecule has 1 aromatic carbocycles. The van der Waals surface area contributed by atoms with Gasteiger partial charge in [-0.15, -0.1) is 0 Å². The summed E-state index contributed by atoms with van der Waals surface area (Å²) >= 11 is 0. The Morgan fingerprint density at radius 1 is 1.24 bits per heavy atom. The van der Waals surface area contributed by atoms with Gasteiger partial charge in [-0.1, -0.05) is 32.3 Å². The fourth-order valence-corrected chi connectivity index (χ4v) is 3.00. The fraction of sp³-hybridized carbons (Fsp3) is 0.611. The Bertz CT molecular complexity index is 467. The normalized spacial score (nSPS) is 21.7. The lowest BCUT2D eigenvalue weighted by molar-refractivity contribution is -0.0158. The summed E-state index contributed by atoms with van der Waals surface area (Å²) in [5.74, 6) is 1.50. The van der Waals surface area contributed by atoms with Crippen LogP contribution < -0.4 is 4.74 Å².